The molecule has 0 aliphatic carbocycles. The highest BCUT2D eigenvalue weighted by molar-refractivity contribution is 7.09. The minimum Gasteiger partial charge on any atom is -0.481 e. The van der Waals surface area contributed by atoms with E-state index in [4.69, 9.17) is 4.74 Å². The number of thiophene rings is 1. The van der Waals surface area contributed by atoms with Crippen molar-refractivity contribution in [2.24, 2.45) is 0 Å². The van der Waals surface area contributed by atoms with Crippen LogP contribution < -0.4 is 10.1 Å². The van der Waals surface area contributed by atoms with Crippen LogP contribution in [0.1, 0.15) is 16.5 Å². The van der Waals surface area contributed by atoms with Gasteiger partial charge in [0.25, 0.3) is 0 Å². The number of rotatable bonds is 6. The third kappa shape index (κ3) is 3.29. The van der Waals surface area contributed by atoms with E-state index in [2.05, 4.69) is 16.4 Å². The van der Waals surface area contributed by atoms with E-state index < -0.39 is 0 Å². The van der Waals surface area contributed by atoms with Gasteiger partial charge in [0.15, 0.2) is 0 Å². The molecule has 0 aliphatic rings. The maximum absolute atomic E-state index is 9.42. The highest BCUT2D eigenvalue weighted by atomic mass is 32.1. The largest absolute Gasteiger partial charge is 0.481 e. The molecule has 2 rings (SSSR count). The molecule has 5 heteroatoms. The Hall–Kier alpha value is -1.43. The lowest BCUT2D eigenvalue weighted by Crippen LogP contribution is -2.23. The molecule has 0 bridgehead atoms. The zero-order valence-electron chi connectivity index (χ0n) is 10.2. The van der Waals surface area contributed by atoms with Crippen LogP contribution in [0.25, 0.3) is 0 Å². The summed E-state index contributed by atoms with van der Waals surface area (Å²) < 4.78 is 5.01. The second-order valence-electron chi connectivity index (χ2n) is 3.83. The predicted octanol–water partition coefficient (Wildman–Crippen LogP) is 1.97. The van der Waals surface area contributed by atoms with Crippen LogP contribution in [0.4, 0.5) is 0 Å². The van der Waals surface area contributed by atoms with Gasteiger partial charge >= 0.3 is 0 Å². The molecule has 18 heavy (non-hydrogen) atoms. The van der Waals surface area contributed by atoms with Crippen LogP contribution in [0.3, 0.4) is 0 Å². The summed E-state index contributed by atoms with van der Waals surface area (Å²) in [7, 11) is 1.58. The average molecular weight is 264 g/mol. The van der Waals surface area contributed by atoms with Crippen molar-refractivity contribution in [1.29, 1.82) is 0 Å². The second kappa shape index (κ2) is 6.49. The summed E-state index contributed by atoms with van der Waals surface area (Å²) in [6.45, 7) is 0.786. The van der Waals surface area contributed by atoms with E-state index in [-0.39, 0.29) is 12.6 Å². The minimum absolute atomic E-state index is 0.0411. The molecule has 2 aromatic rings. The van der Waals surface area contributed by atoms with E-state index in [9.17, 15) is 5.11 Å². The number of nitrogens with one attached hydrogen (secondary N) is 1. The average Bonchev–Trinajstić information content (AvgIpc) is 2.93. The van der Waals surface area contributed by atoms with Crippen molar-refractivity contribution < 1.29 is 9.84 Å². The number of methoxy groups -OCH3 is 1. The van der Waals surface area contributed by atoms with E-state index in [0.29, 0.717) is 5.88 Å². The molecular formula is C13H16N2O2S. The summed E-state index contributed by atoms with van der Waals surface area (Å²) >= 11 is 1.70. The molecule has 1 atom stereocenters. The van der Waals surface area contributed by atoms with Gasteiger partial charge in [0.2, 0.25) is 5.88 Å². The van der Waals surface area contributed by atoms with Crippen molar-refractivity contribution >= 4 is 11.3 Å². The van der Waals surface area contributed by atoms with Crippen LogP contribution in [-0.2, 0) is 6.54 Å². The van der Waals surface area contributed by atoms with Crippen LogP contribution in [0.15, 0.2) is 35.8 Å². The van der Waals surface area contributed by atoms with Gasteiger partial charge in [-0.15, -0.1) is 11.3 Å². The van der Waals surface area contributed by atoms with Gasteiger partial charge < -0.3 is 15.2 Å². The van der Waals surface area contributed by atoms with Crippen LogP contribution in [0, 0.1) is 0 Å². The fraction of sp³-hybridized carbons (Fsp3) is 0.308. The first kappa shape index (κ1) is 13.0. The van der Waals surface area contributed by atoms with Gasteiger partial charge in [-0.25, -0.2) is 4.98 Å². The number of ether oxygens (including phenoxy) is 1. The molecule has 2 N–H and O–H groups in total. The lowest BCUT2D eigenvalue weighted by atomic mass is 10.1. The van der Waals surface area contributed by atoms with E-state index in [1.807, 2.05) is 17.5 Å². The maximum Gasteiger partial charge on any atom is 0.212 e. The lowest BCUT2D eigenvalue weighted by molar-refractivity contribution is 0.243. The Kier molecular flexibility index (Phi) is 4.69. The molecule has 0 fully saturated rings. The highest BCUT2D eigenvalue weighted by Gasteiger charge is 2.10. The van der Waals surface area contributed by atoms with E-state index in [1.165, 1.54) is 4.88 Å². The summed E-state index contributed by atoms with van der Waals surface area (Å²) in [6, 6.07) is 7.69. The monoisotopic (exact) mass is 264 g/mol. The number of hydrogen-bond acceptors (Lipinski definition) is 5. The number of aliphatic hydroxyl groups is 1. The second-order valence-corrected chi connectivity index (χ2v) is 4.86. The number of aliphatic hydroxyl groups excluding tert-OH is 1. The van der Waals surface area contributed by atoms with Gasteiger partial charge in [0, 0.05) is 23.7 Å². The van der Waals surface area contributed by atoms with Gasteiger partial charge in [-0.2, -0.15) is 0 Å². The highest BCUT2D eigenvalue weighted by Crippen LogP contribution is 2.16. The van der Waals surface area contributed by atoms with Crippen LogP contribution in [0.2, 0.25) is 0 Å². The molecule has 0 aliphatic heterocycles. The van der Waals surface area contributed by atoms with E-state index in [1.54, 1.807) is 30.7 Å². The van der Waals surface area contributed by atoms with Crippen LogP contribution in [-0.4, -0.2) is 23.8 Å². The SMILES string of the molecule is COc1ccc(C(CO)NCc2cccs2)cn1. The van der Waals surface area contributed by atoms with Gasteiger partial charge in [0.1, 0.15) is 0 Å². The molecule has 0 radical (unpaired) electrons. The van der Waals surface area contributed by atoms with Gasteiger partial charge in [-0.05, 0) is 17.0 Å². The third-order valence-electron chi connectivity index (χ3n) is 2.66. The van der Waals surface area contributed by atoms with Crippen LogP contribution >= 0.6 is 11.3 Å². The van der Waals surface area contributed by atoms with Crippen molar-refractivity contribution in [3.8, 4) is 5.88 Å². The first-order valence-corrected chi connectivity index (χ1v) is 6.58. The van der Waals surface area contributed by atoms with Crippen LogP contribution in [0.5, 0.6) is 5.88 Å². The molecule has 2 aromatic heterocycles. The molecular weight excluding hydrogens is 248 g/mol. The smallest absolute Gasteiger partial charge is 0.212 e. The fourth-order valence-electron chi connectivity index (χ4n) is 1.64. The maximum atomic E-state index is 9.42. The number of pyridine rings is 1. The Morgan fingerprint density at radius 2 is 2.33 bits per heavy atom. The molecule has 96 valence electrons. The summed E-state index contributed by atoms with van der Waals surface area (Å²) in [5.41, 5.74) is 0.954. The minimum atomic E-state index is -0.106. The van der Waals surface area contributed by atoms with E-state index in [0.717, 1.165) is 12.1 Å². The summed E-state index contributed by atoms with van der Waals surface area (Å²) in [5.74, 6) is 0.577. The molecule has 4 nitrogen and oxygen atoms in total. The topological polar surface area (TPSA) is 54.4 Å². The van der Waals surface area contributed by atoms with E-state index >= 15 is 0 Å². The summed E-state index contributed by atoms with van der Waals surface area (Å²) in [6.07, 6.45) is 1.72. The fourth-order valence-corrected chi connectivity index (χ4v) is 2.30. The Morgan fingerprint density at radius 1 is 1.44 bits per heavy atom. The molecule has 1 unspecified atom stereocenters. The van der Waals surface area contributed by atoms with Gasteiger partial charge in [0.05, 0.1) is 19.8 Å². The van der Waals surface area contributed by atoms with Crippen molar-refractivity contribution in [1.82, 2.24) is 10.3 Å². The van der Waals surface area contributed by atoms with Gasteiger partial charge in [-0.1, -0.05) is 12.1 Å². The number of nitrogens with zero attached hydrogens (tertiary/aromatic N) is 1. The summed E-state index contributed by atoms with van der Waals surface area (Å²) in [4.78, 5) is 5.39. The van der Waals surface area contributed by atoms with Gasteiger partial charge in [-0.3, -0.25) is 0 Å². The quantitative estimate of drug-likeness (QED) is 0.837. The van der Waals surface area contributed by atoms with Crippen molar-refractivity contribution in [3.05, 3.63) is 46.3 Å². The molecule has 0 amide bonds. The first-order valence-electron chi connectivity index (χ1n) is 5.70. The Labute approximate surface area is 110 Å². The standard InChI is InChI=1S/C13H16N2O2S/c1-17-13-5-4-10(7-15-13)12(9-16)14-8-11-3-2-6-18-11/h2-7,12,14,16H,8-9H2,1H3. The predicted molar refractivity (Wildman–Crippen MR) is 71.8 cm³/mol. The molecule has 0 saturated carbocycles. The van der Waals surface area contributed by atoms with Crippen molar-refractivity contribution in [2.75, 3.05) is 13.7 Å². The first-order chi connectivity index (χ1) is 8.83. The van der Waals surface area contributed by atoms with Crippen molar-refractivity contribution in [2.45, 2.75) is 12.6 Å². The number of aromatic nitrogens is 1. The number of hydrogen-bond donors (Lipinski definition) is 2. The van der Waals surface area contributed by atoms with Crippen molar-refractivity contribution in [3.63, 3.8) is 0 Å². The zero-order valence-corrected chi connectivity index (χ0v) is 11.0. The molecule has 2 heterocycles. The normalized spacial score (nSPS) is 12.3. The third-order valence-corrected chi connectivity index (χ3v) is 3.53. The zero-order chi connectivity index (χ0) is 12.8. The molecule has 0 spiro atoms. The summed E-state index contributed by atoms with van der Waals surface area (Å²) in [5, 5.41) is 14.8. The lowest BCUT2D eigenvalue weighted by Gasteiger charge is -2.16. The molecule has 0 saturated heterocycles. The Bertz CT molecular complexity index is 456. The molecule has 0 aromatic carbocycles. The Balaban J connectivity index is 1.98. The Morgan fingerprint density at radius 3 is 2.89 bits per heavy atom.